The highest BCUT2D eigenvalue weighted by atomic mass is 16.5. The molecule has 1 aromatic heterocycles. The molecule has 0 spiro atoms. The predicted octanol–water partition coefficient (Wildman–Crippen LogP) is 0.610. The summed E-state index contributed by atoms with van der Waals surface area (Å²) in [4.78, 5) is 7.83. The van der Waals surface area contributed by atoms with Gasteiger partial charge in [-0.25, -0.2) is 10.0 Å². The summed E-state index contributed by atoms with van der Waals surface area (Å²) >= 11 is 0. The summed E-state index contributed by atoms with van der Waals surface area (Å²) in [6.07, 6.45) is 3.11. The molecule has 0 aromatic carbocycles. The fourth-order valence-electron chi connectivity index (χ4n) is 0.553. The van der Waals surface area contributed by atoms with E-state index in [4.69, 9.17) is 5.21 Å². The number of nitrogens with zero attached hydrogens (tertiary/aromatic N) is 3. The maximum absolute atomic E-state index is 8.85. The van der Waals surface area contributed by atoms with Gasteiger partial charge in [0.1, 0.15) is 0 Å². The summed E-state index contributed by atoms with van der Waals surface area (Å²) in [5, 5.41) is 9.77. The van der Waals surface area contributed by atoms with Crippen LogP contribution >= 0.6 is 0 Å². The quantitative estimate of drug-likeness (QED) is 0.579. The molecule has 4 nitrogen and oxygen atoms in total. The second-order valence-electron chi connectivity index (χ2n) is 2.04. The molecule has 4 heteroatoms. The zero-order valence-corrected chi connectivity index (χ0v) is 5.94. The topological polar surface area (TPSA) is 49.2 Å². The van der Waals surface area contributed by atoms with Gasteiger partial charge in [-0.1, -0.05) is 0 Å². The number of rotatable bonds is 1. The SMILES string of the molecule is Cc1cnc(N(C)O)cn1. The molecule has 0 aliphatic carbocycles. The Hall–Kier alpha value is -1.16. The van der Waals surface area contributed by atoms with Crippen molar-refractivity contribution in [3.63, 3.8) is 0 Å². The average Bonchev–Trinajstić information content (AvgIpc) is 1.88. The summed E-state index contributed by atoms with van der Waals surface area (Å²) in [5.74, 6) is 0.450. The Bertz CT molecular complexity index is 207. The molecule has 0 aliphatic heterocycles. The fourth-order valence-corrected chi connectivity index (χ4v) is 0.553. The summed E-state index contributed by atoms with van der Waals surface area (Å²) in [5.41, 5.74) is 0.839. The largest absolute Gasteiger partial charge is 0.287 e. The number of hydroxylamine groups is 1. The van der Waals surface area contributed by atoms with Crippen molar-refractivity contribution in [2.24, 2.45) is 0 Å². The summed E-state index contributed by atoms with van der Waals surface area (Å²) in [6, 6.07) is 0. The Morgan fingerprint density at radius 3 is 2.50 bits per heavy atom. The lowest BCUT2D eigenvalue weighted by Crippen LogP contribution is -2.11. The molecule has 0 radical (unpaired) electrons. The molecular weight excluding hydrogens is 130 g/mol. The van der Waals surface area contributed by atoms with Gasteiger partial charge in [-0.2, -0.15) is 0 Å². The van der Waals surface area contributed by atoms with Crippen LogP contribution in [0.25, 0.3) is 0 Å². The fraction of sp³-hybridized carbons (Fsp3) is 0.333. The van der Waals surface area contributed by atoms with Gasteiger partial charge < -0.3 is 0 Å². The minimum absolute atomic E-state index is 0.450. The maximum Gasteiger partial charge on any atom is 0.170 e. The Morgan fingerprint density at radius 2 is 2.10 bits per heavy atom. The van der Waals surface area contributed by atoms with E-state index < -0.39 is 0 Å². The van der Waals surface area contributed by atoms with Crippen molar-refractivity contribution in [3.8, 4) is 0 Å². The van der Waals surface area contributed by atoms with E-state index in [0.29, 0.717) is 5.82 Å². The van der Waals surface area contributed by atoms with Crippen molar-refractivity contribution < 1.29 is 5.21 Å². The molecule has 0 saturated heterocycles. The molecule has 0 fully saturated rings. The van der Waals surface area contributed by atoms with Gasteiger partial charge in [0.15, 0.2) is 5.82 Å². The second kappa shape index (κ2) is 2.62. The molecule has 1 rings (SSSR count). The lowest BCUT2D eigenvalue weighted by Gasteiger charge is -2.06. The number of aromatic nitrogens is 2. The standard InChI is InChI=1S/C6H9N3O/c1-5-3-8-6(4-7-5)9(2)10/h3-4,10H,1-2H3. The van der Waals surface area contributed by atoms with Crippen LogP contribution in [0.15, 0.2) is 12.4 Å². The molecule has 0 aliphatic rings. The highest BCUT2D eigenvalue weighted by molar-refractivity contribution is 5.29. The van der Waals surface area contributed by atoms with Crippen LogP contribution in [0.1, 0.15) is 5.69 Å². The molecular formula is C6H9N3O. The van der Waals surface area contributed by atoms with Gasteiger partial charge in [0, 0.05) is 7.05 Å². The molecule has 0 amide bonds. The third-order valence-corrected chi connectivity index (χ3v) is 1.10. The van der Waals surface area contributed by atoms with E-state index >= 15 is 0 Å². The number of aryl methyl sites for hydroxylation is 1. The van der Waals surface area contributed by atoms with Crippen molar-refractivity contribution in [2.45, 2.75) is 6.92 Å². The van der Waals surface area contributed by atoms with Gasteiger partial charge in [0.25, 0.3) is 0 Å². The number of hydrogen-bond acceptors (Lipinski definition) is 4. The Balaban J connectivity index is 2.89. The van der Waals surface area contributed by atoms with E-state index in [1.165, 1.54) is 13.2 Å². The first-order valence-electron chi connectivity index (χ1n) is 2.91. The molecule has 10 heavy (non-hydrogen) atoms. The van der Waals surface area contributed by atoms with Crippen LogP contribution in [0.4, 0.5) is 5.82 Å². The van der Waals surface area contributed by atoms with Gasteiger partial charge >= 0.3 is 0 Å². The minimum Gasteiger partial charge on any atom is -0.287 e. The molecule has 0 bridgehead atoms. The lowest BCUT2D eigenvalue weighted by molar-refractivity contribution is 0.275. The summed E-state index contributed by atoms with van der Waals surface area (Å²) < 4.78 is 0. The van der Waals surface area contributed by atoms with Crippen molar-refractivity contribution in [3.05, 3.63) is 18.1 Å². The molecule has 1 N–H and O–H groups in total. The number of anilines is 1. The minimum atomic E-state index is 0.450. The van der Waals surface area contributed by atoms with Gasteiger partial charge in [-0.15, -0.1) is 0 Å². The first kappa shape index (κ1) is 6.95. The summed E-state index contributed by atoms with van der Waals surface area (Å²) in [6.45, 7) is 1.84. The molecule has 1 aromatic rings. The van der Waals surface area contributed by atoms with Crippen LogP contribution in [0.5, 0.6) is 0 Å². The Kier molecular flexibility index (Phi) is 1.82. The van der Waals surface area contributed by atoms with E-state index in [2.05, 4.69) is 9.97 Å². The van der Waals surface area contributed by atoms with Gasteiger partial charge in [0.2, 0.25) is 0 Å². The normalized spacial score (nSPS) is 9.50. The van der Waals surface area contributed by atoms with Crippen LogP contribution in [-0.2, 0) is 0 Å². The third kappa shape index (κ3) is 1.41. The van der Waals surface area contributed by atoms with E-state index in [9.17, 15) is 0 Å². The van der Waals surface area contributed by atoms with Crippen LogP contribution in [0, 0.1) is 6.92 Å². The molecule has 0 saturated carbocycles. The van der Waals surface area contributed by atoms with Crippen LogP contribution < -0.4 is 5.06 Å². The molecule has 0 atom stereocenters. The maximum atomic E-state index is 8.85. The highest BCUT2D eigenvalue weighted by Gasteiger charge is 1.95. The van der Waals surface area contributed by atoms with E-state index in [1.54, 1.807) is 6.20 Å². The number of hydrogen-bond donors (Lipinski definition) is 1. The van der Waals surface area contributed by atoms with Crippen molar-refractivity contribution >= 4 is 5.82 Å². The molecule has 0 unspecified atom stereocenters. The zero-order valence-electron chi connectivity index (χ0n) is 5.94. The van der Waals surface area contributed by atoms with E-state index in [1.807, 2.05) is 6.92 Å². The zero-order chi connectivity index (χ0) is 7.56. The lowest BCUT2D eigenvalue weighted by atomic mass is 10.5. The smallest absolute Gasteiger partial charge is 0.170 e. The van der Waals surface area contributed by atoms with Gasteiger partial charge in [-0.05, 0) is 6.92 Å². The highest BCUT2D eigenvalue weighted by Crippen LogP contribution is 2.02. The van der Waals surface area contributed by atoms with Crippen LogP contribution in [0.2, 0.25) is 0 Å². The van der Waals surface area contributed by atoms with E-state index in [-0.39, 0.29) is 0 Å². The van der Waals surface area contributed by atoms with Gasteiger partial charge in [-0.3, -0.25) is 10.2 Å². The van der Waals surface area contributed by atoms with Crippen LogP contribution in [0.3, 0.4) is 0 Å². The van der Waals surface area contributed by atoms with Crippen molar-refractivity contribution in [2.75, 3.05) is 12.1 Å². The summed E-state index contributed by atoms with van der Waals surface area (Å²) in [7, 11) is 1.50. The monoisotopic (exact) mass is 139 g/mol. The Morgan fingerprint density at radius 1 is 1.40 bits per heavy atom. The first-order valence-corrected chi connectivity index (χ1v) is 2.91. The van der Waals surface area contributed by atoms with Crippen molar-refractivity contribution in [1.29, 1.82) is 0 Å². The second-order valence-corrected chi connectivity index (χ2v) is 2.04. The van der Waals surface area contributed by atoms with Gasteiger partial charge in [0.05, 0.1) is 18.1 Å². The molecule has 1 heterocycles. The van der Waals surface area contributed by atoms with Crippen molar-refractivity contribution in [1.82, 2.24) is 9.97 Å². The van der Waals surface area contributed by atoms with Crippen LogP contribution in [-0.4, -0.2) is 22.2 Å². The predicted molar refractivity (Wildman–Crippen MR) is 37.0 cm³/mol. The molecule has 54 valence electrons. The third-order valence-electron chi connectivity index (χ3n) is 1.10. The Labute approximate surface area is 59.1 Å². The first-order chi connectivity index (χ1) is 4.70. The average molecular weight is 139 g/mol. The van der Waals surface area contributed by atoms with E-state index in [0.717, 1.165) is 10.8 Å².